The van der Waals surface area contributed by atoms with E-state index in [-0.39, 0.29) is 11.8 Å². The number of carbonyl (C=O) groups is 1. The molecule has 0 aromatic heterocycles. The summed E-state index contributed by atoms with van der Waals surface area (Å²) in [7, 11) is 3.74. The van der Waals surface area contributed by atoms with Crippen molar-refractivity contribution >= 4 is 5.78 Å². The summed E-state index contributed by atoms with van der Waals surface area (Å²) in [4.78, 5) is 10.9. The third-order valence-corrected chi connectivity index (χ3v) is 1.76. The molecule has 0 spiro atoms. The van der Waals surface area contributed by atoms with Crippen molar-refractivity contribution in [3.8, 4) is 0 Å². The van der Waals surface area contributed by atoms with Crippen LogP contribution in [0.1, 0.15) is 19.8 Å². The second-order valence-corrected chi connectivity index (χ2v) is 2.70. The second-order valence-electron chi connectivity index (χ2n) is 2.70. The van der Waals surface area contributed by atoms with Crippen LogP contribution in [0, 0.1) is 0 Å². The van der Waals surface area contributed by atoms with Gasteiger partial charge in [0.2, 0.25) is 0 Å². The molecule has 0 aromatic rings. The van der Waals surface area contributed by atoms with E-state index in [2.05, 4.69) is 10.6 Å². The van der Waals surface area contributed by atoms with Crippen LogP contribution in [0.25, 0.3) is 0 Å². The topological polar surface area (TPSA) is 41.1 Å². The summed E-state index contributed by atoms with van der Waals surface area (Å²) in [5.74, 6) is 0.226. The monoisotopic (exact) mass is 158 g/mol. The van der Waals surface area contributed by atoms with Gasteiger partial charge in [0.15, 0.2) is 0 Å². The summed E-state index contributed by atoms with van der Waals surface area (Å²) in [6, 6.07) is 0.0448. The molecule has 0 radical (unpaired) electrons. The number of hydrogen-bond acceptors (Lipinski definition) is 3. The van der Waals surface area contributed by atoms with E-state index in [9.17, 15) is 4.79 Å². The average Bonchev–Trinajstić information content (AvgIpc) is 1.97. The van der Waals surface area contributed by atoms with Crippen molar-refractivity contribution in [1.82, 2.24) is 10.6 Å². The number of rotatable bonds is 6. The van der Waals surface area contributed by atoms with Crippen LogP contribution in [0.5, 0.6) is 0 Å². The van der Waals surface area contributed by atoms with Gasteiger partial charge in [0.05, 0.1) is 6.04 Å². The zero-order valence-electron chi connectivity index (χ0n) is 7.61. The lowest BCUT2D eigenvalue weighted by molar-refractivity contribution is -0.119. The molecule has 0 heterocycles. The van der Waals surface area contributed by atoms with Crippen molar-refractivity contribution in [1.29, 1.82) is 0 Å². The lowest BCUT2D eigenvalue weighted by atomic mass is 10.1. The maximum absolute atomic E-state index is 10.9. The molecule has 3 heteroatoms. The molecule has 0 aliphatic carbocycles. The lowest BCUT2D eigenvalue weighted by Gasteiger charge is -2.11. The minimum Gasteiger partial charge on any atom is -0.320 e. The van der Waals surface area contributed by atoms with Crippen LogP contribution >= 0.6 is 0 Å². The van der Waals surface area contributed by atoms with Crippen LogP contribution in [-0.2, 0) is 4.79 Å². The Bertz CT molecular complexity index is 115. The van der Waals surface area contributed by atoms with Gasteiger partial charge in [0.1, 0.15) is 5.78 Å². The summed E-state index contributed by atoms with van der Waals surface area (Å²) in [5.41, 5.74) is 0. The zero-order chi connectivity index (χ0) is 8.69. The Labute approximate surface area is 68.6 Å². The molecular formula is C8H18N2O. The van der Waals surface area contributed by atoms with Gasteiger partial charge in [-0.2, -0.15) is 0 Å². The third-order valence-electron chi connectivity index (χ3n) is 1.76. The molecule has 0 aliphatic heterocycles. The van der Waals surface area contributed by atoms with E-state index in [0.29, 0.717) is 0 Å². The summed E-state index contributed by atoms with van der Waals surface area (Å²) in [5, 5.41) is 6.03. The molecule has 0 aliphatic rings. The minimum atomic E-state index is 0.0448. The Morgan fingerprint density at radius 1 is 1.45 bits per heavy atom. The highest BCUT2D eigenvalue weighted by atomic mass is 16.1. The van der Waals surface area contributed by atoms with Gasteiger partial charge >= 0.3 is 0 Å². The normalized spacial score (nSPS) is 13.0. The molecule has 66 valence electrons. The number of Topliss-reactive ketones (excluding diaryl/α,β-unsaturated/α-hetero) is 1. The highest BCUT2D eigenvalue weighted by Gasteiger charge is 2.09. The van der Waals surface area contributed by atoms with E-state index >= 15 is 0 Å². The van der Waals surface area contributed by atoms with Crippen molar-refractivity contribution in [2.45, 2.75) is 25.8 Å². The highest BCUT2D eigenvalue weighted by Crippen LogP contribution is 1.96. The zero-order valence-corrected chi connectivity index (χ0v) is 7.61. The Morgan fingerprint density at radius 2 is 2.09 bits per heavy atom. The highest BCUT2D eigenvalue weighted by molar-refractivity contribution is 5.81. The molecule has 0 aromatic carbocycles. The van der Waals surface area contributed by atoms with E-state index in [1.54, 1.807) is 6.92 Å². The van der Waals surface area contributed by atoms with E-state index < -0.39 is 0 Å². The molecular weight excluding hydrogens is 140 g/mol. The van der Waals surface area contributed by atoms with Crippen LogP contribution < -0.4 is 10.6 Å². The smallest absolute Gasteiger partial charge is 0.146 e. The van der Waals surface area contributed by atoms with E-state index in [4.69, 9.17) is 0 Å². The largest absolute Gasteiger partial charge is 0.320 e. The van der Waals surface area contributed by atoms with Crippen LogP contribution in [0.15, 0.2) is 0 Å². The Hall–Kier alpha value is -0.410. The molecule has 0 unspecified atom stereocenters. The molecule has 0 bridgehead atoms. The maximum atomic E-state index is 10.9. The van der Waals surface area contributed by atoms with Gasteiger partial charge < -0.3 is 10.6 Å². The fourth-order valence-electron chi connectivity index (χ4n) is 1.03. The molecule has 0 amide bonds. The SMILES string of the molecule is CNCCC[C@H](NC)C(C)=O. The standard InChI is InChI=1S/C8H18N2O/c1-7(11)8(10-3)5-4-6-9-2/h8-10H,4-6H2,1-3H3/t8-/m0/s1. The predicted octanol–water partition coefficient (Wildman–Crippen LogP) is 0.163. The van der Waals surface area contributed by atoms with E-state index in [0.717, 1.165) is 19.4 Å². The first-order valence-electron chi connectivity index (χ1n) is 4.04. The number of likely N-dealkylation sites (N-methyl/N-ethyl adjacent to an activating group) is 1. The summed E-state index contributed by atoms with van der Waals surface area (Å²) < 4.78 is 0. The maximum Gasteiger partial charge on any atom is 0.146 e. The van der Waals surface area contributed by atoms with E-state index in [1.807, 2.05) is 14.1 Å². The molecule has 1 atom stereocenters. The van der Waals surface area contributed by atoms with Gasteiger partial charge in [-0.3, -0.25) is 4.79 Å². The molecule has 3 nitrogen and oxygen atoms in total. The molecule has 0 saturated carbocycles. The number of hydrogen-bond donors (Lipinski definition) is 2. The summed E-state index contributed by atoms with van der Waals surface area (Å²) >= 11 is 0. The fraction of sp³-hybridized carbons (Fsp3) is 0.875. The van der Waals surface area contributed by atoms with Gasteiger partial charge in [-0.1, -0.05) is 0 Å². The van der Waals surface area contributed by atoms with Gasteiger partial charge in [-0.05, 0) is 40.4 Å². The lowest BCUT2D eigenvalue weighted by Crippen LogP contribution is -2.32. The van der Waals surface area contributed by atoms with Crippen molar-refractivity contribution in [3.63, 3.8) is 0 Å². The summed E-state index contributed by atoms with van der Waals surface area (Å²) in [6.45, 7) is 2.60. The second kappa shape index (κ2) is 6.31. The Balaban J connectivity index is 3.44. The van der Waals surface area contributed by atoms with Gasteiger partial charge in [-0.25, -0.2) is 0 Å². The van der Waals surface area contributed by atoms with Gasteiger partial charge in [-0.15, -0.1) is 0 Å². The van der Waals surface area contributed by atoms with Gasteiger partial charge in [0.25, 0.3) is 0 Å². The molecule has 2 N–H and O–H groups in total. The van der Waals surface area contributed by atoms with Crippen molar-refractivity contribution in [2.24, 2.45) is 0 Å². The van der Waals surface area contributed by atoms with Crippen LogP contribution in [0.2, 0.25) is 0 Å². The van der Waals surface area contributed by atoms with Crippen LogP contribution in [0.3, 0.4) is 0 Å². The van der Waals surface area contributed by atoms with Crippen molar-refractivity contribution in [2.75, 3.05) is 20.6 Å². The summed E-state index contributed by atoms with van der Waals surface area (Å²) in [6.07, 6.45) is 1.97. The Morgan fingerprint density at radius 3 is 2.45 bits per heavy atom. The first-order valence-corrected chi connectivity index (χ1v) is 4.04. The molecule has 0 rings (SSSR count). The first kappa shape index (κ1) is 10.6. The van der Waals surface area contributed by atoms with Crippen LogP contribution in [-0.4, -0.2) is 32.5 Å². The number of nitrogens with one attached hydrogen (secondary N) is 2. The first-order chi connectivity index (χ1) is 5.22. The fourth-order valence-corrected chi connectivity index (χ4v) is 1.03. The quantitative estimate of drug-likeness (QED) is 0.541. The third kappa shape index (κ3) is 4.93. The number of carbonyl (C=O) groups excluding carboxylic acids is 1. The van der Waals surface area contributed by atoms with Crippen molar-refractivity contribution in [3.05, 3.63) is 0 Å². The molecule has 11 heavy (non-hydrogen) atoms. The van der Waals surface area contributed by atoms with Crippen LogP contribution in [0.4, 0.5) is 0 Å². The minimum absolute atomic E-state index is 0.0448. The van der Waals surface area contributed by atoms with Gasteiger partial charge in [0, 0.05) is 0 Å². The van der Waals surface area contributed by atoms with Crippen molar-refractivity contribution < 1.29 is 4.79 Å². The molecule has 0 saturated heterocycles. The van der Waals surface area contributed by atoms with E-state index in [1.165, 1.54) is 0 Å². The molecule has 0 fully saturated rings. The number of ketones is 1. The Kier molecular flexibility index (Phi) is 6.07. The average molecular weight is 158 g/mol. The predicted molar refractivity (Wildman–Crippen MR) is 46.7 cm³/mol.